The van der Waals surface area contributed by atoms with Gasteiger partial charge < -0.3 is 5.32 Å². The molecule has 27 heavy (non-hydrogen) atoms. The molecule has 0 bridgehead atoms. The molecule has 0 aliphatic heterocycles. The van der Waals surface area contributed by atoms with Crippen molar-refractivity contribution in [2.75, 3.05) is 0 Å². The summed E-state index contributed by atoms with van der Waals surface area (Å²) in [7, 11) is 0. The quantitative estimate of drug-likeness (QED) is 0.513. The first-order valence-electron chi connectivity index (χ1n) is 10.0. The Morgan fingerprint density at radius 3 is 2.04 bits per heavy atom. The standard InChI is InChI=1S/C22H29N.C4H8/c1-17(2)14-22(23-16-20-8-6-5-7-9-20)15-19(4)21-12-10-18(3)11-13-21;1-3-4-2/h5-14,19,22-23H,15-16H2,1-4H3;3-4H,1-2H3/b;4-3+/t19-,22?;/m0./s1. The number of nitrogens with one attached hydrogen (secondary N) is 1. The molecule has 0 fully saturated rings. The van der Waals surface area contributed by atoms with Gasteiger partial charge in [-0.1, -0.05) is 90.9 Å². The Hall–Kier alpha value is -2.12. The average Bonchev–Trinajstić information content (AvgIpc) is 2.67. The largest absolute Gasteiger partial charge is 0.306 e. The van der Waals surface area contributed by atoms with Gasteiger partial charge in [0.15, 0.2) is 0 Å². The number of aryl methyl sites for hydroxylation is 1. The highest BCUT2D eigenvalue weighted by Gasteiger charge is 2.12. The van der Waals surface area contributed by atoms with E-state index in [0.29, 0.717) is 12.0 Å². The fraction of sp³-hybridized carbons (Fsp3) is 0.385. The summed E-state index contributed by atoms with van der Waals surface area (Å²) in [4.78, 5) is 0. The third-order valence-electron chi connectivity index (χ3n) is 4.53. The number of allylic oxidation sites excluding steroid dienone is 3. The van der Waals surface area contributed by atoms with Crippen molar-refractivity contribution in [2.45, 2.75) is 66.5 Å². The molecular formula is C26H37N. The monoisotopic (exact) mass is 363 g/mol. The number of rotatable bonds is 7. The first-order chi connectivity index (χ1) is 13.0. The fourth-order valence-corrected chi connectivity index (χ4v) is 2.87. The minimum Gasteiger partial charge on any atom is -0.306 e. The molecule has 0 saturated carbocycles. The Balaban J connectivity index is 0.000000828. The Kier molecular flexibility index (Phi) is 11.1. The molecule has 0 spiro atoms. The van der Waals surface area contributed by atoms with Crippen molar-refractivity contribution in [3.8, 4) is 0 Å². The third-order valence-corrected chi connectivity index (χ3v) is 4.53. The Morgan fingerprint density at radius 2 is 1.52 bits per heavy atom. The minimum absolute atomic E-state index is 0.400. The van der Waals surface area contributed by atoms with Gasteiger partial charge in [0.25, 0.3) is 0 Å². The maximum atomic E-state index is 3.70. The van der Waals surface area contributed by atoms with Crippen LogP contribution in [0.15, 0.2) is 78.4 Å². The topological polar surface area (TPSA) is 12.0 Å². The fourth-order valence-electron chi connectivity index (χ4n) is 2.87. The van der Waals surface area contributed by atoms with E-state index in [0.717, 1.165) is 13.0 Å². The van der Waals surface area contributed by atoms with Crippen LogP contribution in [0.25, 0.3) is 0 Å². The van der Waals surface area contributed by atoms with Crippen LogP contribution >= 0.6 is 0 Å². The van der Waals surface area contributed by atoms with Crippen LogP contribution in [0.2, 0.25) is 0 Å². The number of benzene rings is 2. The van der Waals surface area contributed by atoms with Gasteiger partial charge in [0, 0.05) is 12.6 Å². The van der Waals surface area contributed by atoms with E-state index in [1.807, 2.05) is 26.0 Å². The molecule has 0 aliphatic rings. The highest BCUT2D eigenvalue weighted by atomic mass is 14.9. The van der Waals surface area contributed by atoms with E-state index >= 15 is 0 Å². The zero-order valence-electron chi connectivity index (χ0n) is 18.0. The van der Waals surface area contributed by atoms with Gasteiger partial charge in [-0.05, 0) is 58.1 Å². The summed E-state index contributed by atoms with van der Waals surface area (Å²) in [6.07, 6.45) is 7.47. The molecule has 2 aromatic rings. The van der Waals surface area contributed by atoms with Gasteiger partial charge in [-0.25, -0.2) is 0 Å². The normalized spacial score (nSPS) is 12.8. The molecule has 0 aromatic heterocycles. The lowest BCUT2D eigenvalue weighted by Crippen LogP contribution is -2.28. The van der Waals surface area contributed by atoms with Gasteiger partial charge in [-0.15, -0.1) is 0 Å². The maximum absolute atomic E-state index is 3.70. The predicted octanol–water partition coefficient (Wildman–Crippen LogP) is 7.20. The lowest BCUT2D eigenvalue weighted by molar-refractivity contribution is 0.512. The van der Waals surface area contributed by atoms with Crippen molar-refractivity contribution in [1.29, 1.82) is 0 Å². The van der Waals surface area contributed by atoms with Gasteiger partial charge in [0.2, 0.25) is 0 Å². The SMILES string of the molecule is C/C=C/C.CC(C)=CC(C[C@H](C)c1ccc(C)cc1)NCc1ccccc1. The van der Waals surface area contributed by atoms with Crippen molar-refractivity contribution in [3.05, 3.63) is 95.1 Å². The van der Waals surface area contributed by atoms with E-state index in [1.165, 1.54) is 22.3 Å². The summed E-state index contributed by atoms with van der Waals surface area (Å²) >= 11 is 0. The summed E-state index contributed by atoms with van der Waals surface area (Å²) in [6.45, 7) is 13.7. The van der Waals surface area contributed by atoms with Gasteiger partial charge in [0.1, 0.15) is 0 Å². The van der Waals surface area contributed by atoms with Crippen LogP contribution in [0.1, 0.15) is 63.6 Å². The molecule has 146 valence electrons. The summed E-state index contributed by atoms with van der Waals surface area (Å²) in [6, 6.07) is 20.0. The van der Waals surface area contributed by atoms with E-state index in [2.05, 4.69) is 93.7 Å². The number of hydrogen-bond acceptors (Lipinski definition) is 1. The van der Waals surface area contributed by atoms with Gasteiger partial charge in [0.05, 0.1) is 0 Å². The molecule has 1 unspecified atom stereocenters. The summed E-state index contributed by atoms with van der Waals surface area (Å²) in [5, 5.41) is 3.70. The van der Waals surface area contributed by atoms with E-state index in [9.17, 15) is 0 Å². The molecule has 2 aromatic carbocycles. The van der Waals surface area contributed by atoms with Crippen molar-refractivity contribution >= 4 is 0 Å². The second-order valence-electron chi connectivity index (χ2n) is 7.43. The second kappa shape index (κ2) is 13.1. The third kappa shape index (κ3) is 9.96. The van der Waals surface area contributed by atoms with Crippen molar-refractivity contribution in [3.63, 3.8) is 0 Å². The molecule has 2 atom stereocenters. The summed E-state index contributed by atoms with van der Waals surface area (Å²) < 4.78 is 0. The molecule has 0 aliphatic carbocycles. The van der Waals surface area contributed by atoms with Crippen molar-refractivity contribution in [1.82, 2.24) is 5.32 Å². The molecule has 0 saturated heterocycles. The van der Waals surface area contributed by atoms with E-state index in [4.69, 9.17) is 0 Å². The molecular weight excluding hydrogens is 326 g/mol. The Labute approximate surface area is 167 Å². The van der Waals surface area contributed by atoms with Crippen molar-refractivity contribution in [2.24, 2.45) is 0 Å². The van der Waals surface area contributed by atoms with Crippen molar-refractivity contribution < 1.29 is 0 Å². The number of hydrogen-bond donors (Lipinski definition) is 1. The first kappa shape index (κ1) is 22.9. The summed E-state index contributed by atoms with van der Waals surface area (Å²) in [5.41, 5.74) is 5.45. The minimum atomic E-state index is 0.400. The van der Waals surface area contributed by atoms with Crippen LogP contribution in [0.4, 0.5) is 0 Å². The van der Waals surface area contributed by atoms with Gasteiger partial charge >= 0.3 is 0 Å². The van der Waals surface area contributed by atoms with Crippen LogP contribution < -0.4 is 5.32 Å². The molecule has 1 N–H and O–H groups in total. The zero-order chi connectivity index (χ0) is 20.1. The lowest BCUT2D eigenvalue weighted by atomic mass is 9.92. The van der Waals surface area contributed by atoms with Crippen LogP contribution in [0.3, 0.4) is 0 Å². The van der Waals surface area contributed by atoms with Crippen LogP contribution in [-0.4, -0.2) is 6.04 Å². The lowest BCUT2D eigenvalue weighted by Gasteiger charge is -2.21. The van der Waals surface area contributed by atoms with Gasteiger partial charge in [-0.2, -0.15) is 0 Å². The smallest absolute Gasteiger partial charge is 0.0261 e. The molecule has 1 heteroatoms. The zero-order valence-corrected chi connectivity index (χ0v) is 18.0. The summed E-state index contributed by atoms with van der Waals surface area (Å²) in [5.74, 6) is 0.541. The molecule has 0 amide bonds. The van der Waals surface area contributed by atoms with Gasteiger partial charge in [-0.3, -0.25) is 0 Å². The highest BCUT2D eigenvalue weighted by molar-refractivity contribution is 5.24. The Morgan fingerprint density at radius 1 is 0.926 bits per heavy atom. The first-order valence-corrected chi connectivity index (χ1v) is 10.0. The van der Waals surface area contributed by atoms with E-state index < -0.39 is 0 Å². The maximum Gasteiger partial charge on any atom is 0.0261 e. The highest BCUT2D eigenvalue weighted by Crippen LogP contribution is 2.22. The second-order valence-corrected chi connectivity index (χ2v) is 7.43. The Bertz CT molecular complexity index is 672. The van der Waals surface area contributed by atoms with Crippen LogP contribution in [-0.2, 0) is 6.54 Å². The van der Waals surface area contributed by atoms with Crippen LogP contribution in [0, 0.1) is 6.92 Å². The molecule has 1 nitrogen and oxygen atoms in total. The van der Waals surface area contributed by atoms with E-state index in [1.54, 1.807) is 0 Å². The van der Waals surface area contributed by atoms with E-state index in [-0.39, 0.29) is 0 Å². The molecule has 0 heterocycles. The average molecular weight is 364 g/mol. The van der Waals surface area contributed by atoms with Crippen LogP contribution in [0.5, 0.6) is 0 Å². The molecule has 0 radical (unpaired) electrons. The predicted molar refractivity (Wildman–Crippen MR) is 121 cm³/mol. The molecule has 2 rings (SSSR count).